The largest absolute Gasteiger partial charge is 0.497 e. The molecule has 28 heavy (non-hydrogen) atoms. The Kier molecular flexibility index (Phi) is 4.99. The van der Waals surface area contributed by atoms with Crippen molar-refractivity contribution in [2.75, 3.05) is 7.11 Å². The lowest BCUT2D eigenvalue weighted by Crippen LogP contribution is -2.12. The molecule has 0 bridgehead atoms. The average molecular weight is 413 g/mol. The fraction of sp³-hybridized carbons (Fsp3) is 0.250. The zero-order chi connectivity index (χ0) is 19.8. The summed E-state index contributed by atoms with van der Waals surface area (Å²) in [5.41, 5.74) is 1.93. The van der Waals surface area contributed by atoms with Crippen LogP contribution in [0.3, 0.4) is 0 Å². The quantitative estimate of drug-likeness (QED) is 0.483. The van der Waals surface area contributed by atoms with Gasteiger partial charge in [0.25, 0.3) is 5.56 Å². The second-order valence-electron chi connectivity index (χ2n) is 6.45. The van der Waals surface area contributed by atoms with Gasteiger partial charge in [-0.15, -0.1) is 11.3 Å². The van der Waals surface area contributed by atoms with E-state index in [4.69, 9.17) is 9.72 Å². The molecule has 0 unspecified atom stereocenters. The minimum Gasteiger partial charge on any atom is -0.497 e. The topological polar surface area (TPSA) is 72.8 Å². The van der Waals surface area contributed by atoms with Gasteiger partial charge in [-0.2, -0.15) is 0 Å². The highest BCUT2D eigenvalue weighted by molar-refractivity contribution is 7.99. The van der Waals surface area contributed by atoms with E-state index in [1.807, 2.05) is 55.8 Å². The van der Waals surface area contributed by atoms with Crippen LogP contribution in [-0.2, 0) is 0 Å². The van der Waals surface area contributed by atoms with Crippen LogP contribution in [0.1, 0.15) is 28.4 Å². The van der Waals surface area contributed by atoms with E-state index in [0.29, 0.717) is 11.2 Å². The number of aromatic nitrogens is 4. The summed E-state index contributed by atoms with van der Waals surface area (Å²) in [5.74, 6) is 1.47. The van der Waals surface area contributed by atoms with Crippen molar-refractivity contribution in [3.8, 4) is 11.4 Å². The number of rotatable bonds is 5. The molecule has 0 amide bonds. The number of H-pyrrole nitrogens is 1. The molecular weight excluding hydrogens is 392 g/mol. The second-order valence-corrected chi connectivity index (χ2v) is 8.96. The Bertz CT molecular complexity index is 1190. The van der Waals surface area contributed by atoms with Gasteiger partial charge in [0.05, 0.1) is 17.7 Å². The number of imidazole rings is 1. The summed E-state index contributed by atoms with van der Waals surface area (Å²) in [7, 11) is 1.65. The van der Waals surface area contributed by atoms with E-state index in [9.17, 15) is 4.79 Å². The van der Waals surface area contributed by atoms with Gasteiger partial charge in [0.15, 0.2) is 5.16 Å². The molecule has 0 spiro atoms. The van der Waals surface area contributed by atoms with Gasteiger partial charge in [-0.25, -0.2) is 9.97 Å². The molecule has 1 aromatic carbocycles. The van der Waals surface area contributed by atoms with Gasteiger partial charge in [-0.1, -0.05) is 11.8 Å². The summed E-state index contributed by atoms with van der Waals surface area (Å²) >= 11 is 3.12. The molecule has 0 fully saturated rings. The minimum absolute atomic E-state index is 0.0563. The van der Waals surface area contributed by atoms with Crippen molar-refractivity contribution >= 4 is 33.3 Å². The molecule has 4 rings (SSSR count). The maximum absolute atomic E-state index is 12.6. The van der Waals surface area contributed by atoms with Crippen LogP contribution in [-0.4, -0.2) is 26.6 Å². The van der Waals surface area contributed by atoms with Crippen molar-refractivity contribution in [3.63, 3.8) is 0 Å². The van der Waals surface area contributed by atoms with Crippen LogP contribution in [0.25, 0.3) is 15.9 Å². The van der Waals surface area contributed by atoms with Crippen LogP contribution in [0.5, 0.6) is 5.75 Å². The van der Waals surface area contributed by atoms with E-state index in [1.165, 1.54) is 0 Å². The van der Waals surface area contributed by atoms with E-state index in [1.54, 1.807) is 36.4 Å². The number of hydrogen-bond acceptors (Lipinski definition) is 6. The predicted molar refractivity (Wildman–Crippen MR) is 114 cm³/mol. The van der Waals surface area contributed by atoms with Gasteiger partial charge in [-0.3, -0.25) is 9.36 Å². The summed E-state index contributed by atoms with van der Waals surface area (Å²) in [5, 5.41) is 1.47. The van der Waals surface area contributed by atoms with Gasteiger partial charge in [0.1, 0.15) is 16.4 Å². The number of hydrogen-bond donors (Lipinski definition) is 1. The Hall–Kier alpha value is -2.58. The lowest BCUT2D eigenvalue weighted by Gasteiger charge is -2.12. The zero-order valence-corrected chi connectivity index (χ0v) is 17.6. The molecular formula is C20H20N4O2S2. The highest BCUT2D eigenvalue weighted by Crippen LogP contribution is 2.34. The first-order valence-electron chi connectivity index (χ1n) is 8.82. The Morgan fingerprint density at radius 2 is 2.00 bits per heavy atom. The maximum Gasteiger partial charge on any atom is 0.259 e. The molecule has 1 atom stereocenters. The number of nitrogens with zero attached hydrogens (tertiary/aromatic N) is 3. The number of methoxy groups -OCH3 is 1. The first-order chi connectivity index (χ1) is 13.5. The number of aryl methyl sites for hydroxylation is 2. The molecule has 0 saturated heterocycles. The van der Waals surface area contributed by atoms with Crippen LogP contribution in [0.4, 0.5) is 0 Å². The lowest BCUT2D eigenvalue weighted by atomic mass is 10.2. The van der Waals surface area contributed by atoms with Crippen LogP contribution >= 0.6 is 23.1 Å². The van der Waals surface area contributed by atoms with Crippen LogP contribution in [0.15, 0.2) is 46.6 Å². The molecule has 1 N–H and O–H groups in total. The van der Waals surface area contributed by atoms with Gasteiger partial charge in [0.2, 0.25) is 0 Å². The third-order valence-electron chi connectivity index (χ3n) is 4.68. The number of ether oxygens (including phenoxy) is 1. The van der Waals surface area contributed by atoms with Crippen LogP contribution < -0.4 is 10.3 Å². The summed E-state index contributed by atoms with van der Waals surface area (Å²) in [6.07, 6.45) is 3.69. The highest BCUT2D eigenvalue weighted by Gasteiger charge is 2.18. The first kappa shape index (κ1) is 18.8. The molecule has 4 aromatic rings. The summed E-state index contributed by atoms with van der Waals surface area (Å²) < 4.78 is 7.24. The third-order valence-corrected chi connectivity index (χ3v) is 6.87. The molecule has 0 aliphatic carbocycles. The Labute approximate surface area is 170 Å². The van der Waals surface area contributed by atoms with Crippen molar-refractivity contribution in [3.05, 3.63) is 63.3 Å². The normalized spacial score (nSPS) is 12.4. The number of aromatic amines is 1. The molecule has 8 heteroatoms. The van der Waals surface area contributed by atoms with Crippen molar-refractivity contribution in [2.45, 2.75) is 31.2 Å². The number of benzene rings is 1. The van der Waals surface area contributed by atoms with Crippen molar-refractivity contribution < 1.29 is 4.74 Å². The molecule has 0 saturated carbocycles. The van der Waals surface area contributed by atoms with Crippen molar-refractivity contribution in [1.82, 2.24) is 19.5 Å². The fourth-order valence-electron chi connectivity index (χ4n) is 2.99. The zero-order valence-electron chi connectivity index (χ0n) is 16.0. The standard InChI is InChI=1S/C20H20N4O2S2/c1-11-12(2)27-19-16(11)18(25)22-17(23-19)13(3)28-20-21-9-10-24(20)14-5-7-15(26-4)8-6-14/h5-10,13H,1-4H3,(H,22,23,25)/t13-/m1/s1. The highest BCUT2D eigenvalue weighted by atomic mass is 32.2. The lowest BCUT2D eigenvalue weighted by molar-refractivity contribution is 0.414. The van der Waals surface area contributed by atoms with Crippen LogP contribution in [0.2, 0.25) is 0 Å². The average Bonchev–Trinajstić information content (AvgIpc) is 3.26. The van der Waals surface area contributed by atoms with E-state index in [-0.39, 0.29) is 10.8 Å². The SMILES string of the molecule is COc1ccc(-n2ccnc2S[C@H](C)c2nc3sc(C)c(C)c3c(=O)[nH]2)cc1. The first-order valence-corrected chi connectivity index (χ1v) is 10.5. The van der Waals surface area contributed by atoms with Gasteiger partial charge in [0, 0.05) is 23.0 Å². The van der Waals surface area contributed by atoms with Gasteiger partial charge >= 0.3 is 0 Å². The van der Waals surface area contributed by atoms with E-state index >= 15 is 0 Å². The van der Waals surface area contributed by atoms with Crippen LogP contribution in [0, 0.1) is 13.8 Å². The molecule has 3 heterocycles. The number of thiophene rings is 1. The van der Waals surface area contributed by atoms with E-state index < -0.39 is 0 Å². The minimum atomic E-state index is -0.0761. The Balaban J connectivity index is 1.64. The molecule has 0 aliphatic heterocycles. The summed E-state index contributed by atoms with van der Waals surface area (Å²) in [4.78, 5) is 26.6. The molecule has 144 valence electrons. The third kappa shape index (κ3) is 3.33. The molecule has 0 aliphatic rings. The number of thioether (sulfide) groups is 1. The maximum atomic E-state index is 12.6. The molecule has 6 nitrogen and oxygen atoms in total. The smallest absolute Gasteiger partial charge is 0.259 e. The van der Waals surface area contributed by atoms with Crippen molar-refractivity contribution in [1.29, 1.82) is 0 Å². The Morgan fingerprint density at radius 3 is 2.71 bits per heavy atom. The summed E-state index contributed by atoms with van der Waals surface area (Å²) in [6.45, 7) is 6.01. The van der Waals surface area contributed by atoms with Gasteiger partial charge < -0.3 is 9.72 Å². The fourth-order valence-corrected chi connectivity index (χ4v) is 4.97. The summed E-state index contributed by atoms with van der Waals surface area (Å²) in [6, 6.07) is 7.81. The predicted octanol–water partition coefficient (Wildman–Crippen LogP) is 4.65. The second kappa shape index (κ2) is 7.44. The molecule has 3 aromatic heterocycles. The van der Waals surface area contributed by atoms with Gasteiger partial charge in [-0.05, 0) is 50.6 Å². The van der Waals surface area contributed by atoms with E-state index in [2.05, 4.69) is 9.97 Å². The monoisotopic (exact) mass is 412 g/mol. The number of fused-ring (bicyclic) bond motifs is 1. The number of nitrogens with one attached hydrogen (secondary N) is 1. The molecule has 0 radical (unpaired) electrons. The van der Waals surface area contributed by atoms with Crippen molar-refractivity contribution in [2.24, 2.45) is 0 Å². The van der Waals surface area contributed by atoms with E-state index in [0.717, 1.165) is 31.9 Å². The Morgan fingerprint density at radius 1 is 1.25 bits per heavy atom.